The predicted octanol–water partition coefficient (Wildman–Crippen LogP) is 5.54. The molecule has 2 nitrogen and oxygen atoms in total. The second-order valence-corrected chi connectivity index (χ2v) is 7.12. The van der Waals surface area contributed by atoms with E-state index in [1.165, 1.54) is 4.88 Å². The molecule has 0 amide bonds. The summed E-state index contributed by atoms with van der Waals surface area (Å²) in [5, 5.41) is 14.8. The van der Waals surface area contributed by atoms with Crippen molar-refractivity contribution in [1.29, 1.82) is 5.26 Å². The summed E-state index contributed by atoms with van der Waals surface area (Å²) in [6.07, 6.45) is 0. The van der Waals surface area contributed by atoms with E-state index in [1.54, 1.807) is 22.7 Å². The molecule has 0 aliphatic rings. The molecule has 2 aromatic heterocycles. The van der Waals surface area contributed by atoms with Crippen molar-refractivity contribution in [2.24, 2.45) is 0 Å². The number of halogens is 1. The normalized spacial score (nSPS) is 11.8. The van der Waals surface area contributed by atoms with Crippen LogP contribution >= 0.6 is 34.3 Å². The van der Waals surface area contributed by atoms with E-state index in [-0.39, 0.29) is 6.04 Å². The molecule has 5 heteroatoms. The van der Waals surface area contributed by atoms with E-state index in [0.717, 1.165) is 14.9 Å². The number of nitrogens with zero attached hydrogens (tertiary/aromatic N) is 1. The minimum atomic E-state index is 0.0111. The number of nitriles is 1. The molecule has 3 aromatic rings. The molecule has 1 aromatic carbocycles. The van der Waals surface area contributed by atoms with Crippen molar-refractivity contribution in [2.75, 3.05) is 5.32 Å². The largest absolute Gasteiger partial charge is 0.372 e. The van der Waals surface area contributed by atoms with Crippen LogP contribution in [0.1, 0.15) is 21.4 Å². The Morgan fingerprint density at radius 1 is 1.05 bits per heavy atom. The molecule has 0 spiro atoms. The molecule has 0 aliphatic heterocycles. The summed E-state index contributed by atoms with van der Waals surface area (Å²) < 4.78 is 0.766. The quantitative estimate of drug-likeness (QED) is 0.682. The first-order valence-electron chi connectivity index (χ1n) is 6.32. The van der Waals surface area contributed by atoms with Crippen LogP contribution in [0.15, 0.2) is 53.9 Å². The first-order chi connectivity index (χ1) is 10.3. The summed E-state index contributed by atoms with van der Waals surface area (Å²) in [7, 11) is 0. The third-order valence-corrected chi connectivity index (χ3v) is 5.29. The molecule has 21 heavy (non-hydrogen) atoms. The second-order valence-electron chi connectivity index (χ2n) is 4.39. The van der Waals surface area contributed by atoms with E-state index in [9.17, 15) is 5.26 Å². The van der Waals surface area contributed by atoms with Crippen molar-refractivity contribution in [3.63, 3.8) is 0 Å². The highest BCUT2D eigenvalue weighted by Crippen LogP contribution is 2.36. The number of rotatable bonds is 4. The Morgan fingerprint density at radius 3 is 2.57 bits per heavy atom. The molecule has 104 valence electrons. The van der Waals surface area contributed by atoms with Crippen LogP contribution in [0.5, 0.6) is 0 Å². The van der Waals surface area contributed by atoms with E-state index in [4.69, 9.17) is 11.6 Å². The average molecular weight is 331 g/mol. The maximum absolute atomic E-state index is 9.23. The fraction of sp³-hybridized carbons (Fsp3) is 0.0625. The number of benzene rings is 1. The Bertz CT molecular complexity index is 772. The minimum Gasteiger partial charge on any atom is -0.372 e. The lowest BCUT2D eigenvalue weighted by molar-refractivity contribution is 0.991. The molecule has 2 heterocycles. The topological polar surface area (TPSA) is 35.8 Å². The van der Waals surface area contributed by atoms with Gasteiger partial charge in [-0.05, 0) is 35.7 Å². The van der Waals surface area contributed by atoms with Gasteiger partial charge < -0.3 is 5.32 Å². The van der Waals surface area contributed by atoms with Crippen LogP contribution in [0.2, 0.25) is 4.34 Å². The molecule has 0 aliphatic carbocycles. The lowest BCUT2D eigenvalue weighted by atomic mass is 10.1. The van der Waals surface area contributed by atoms with Crippen molar-refractivity contribution in [2.45, 2.75) is 6.04 Å². The highest BCUT2D eigenvalue weighted by molar-refractivity contribution is 7.16. The summed E-state index contributed by atoms with van der Waals surface area (Å²) in [6, 6.07) is 17.8. The van der Waals surface area contributed by atoms with Gasteiger partial charge in [-0.15, -0.1) is 22.7 Å². The third-order valence-electron chi connectivity index (χ3n) is 3.05. The molecule has 0 saturated heterocycles. The lowest BCUT2D eigenvalue weighted by Crippen LogP contribution is -2.10. The first kappa shape index (κ1) is 14.2. The highest BCUT2D eigenvalue weighted by atomic mass is 35.5. The zero-order valence-corrected chi connectivity index (χ0v) is 13.3. The highest BCUT2D eigenvalue weighted by Gasteiger charge is 2.18. The van der Waals surface area contributed by atoms with Gasteiger partial charge in [0, 0.05) is 9.75 Å². The maximum atomic E-state index is 9.23. The Balaban J connectivity index is 1.99. The van der Waals surface area contributed by atoms with Gasteiger partial charge in [0.05, 0.1) is 21.6 Å². The number of thiophene rings is 2. The molecule has 0 fully saturated rings. The van der Waals surface area contributed by atoms with Gasteiger partial charge in [0.25, 0.3) is 0 Å². The zero-order valence-electron chi connectivity index (χ0n) is 10.9. The first-order valence-corrected chi connectivity index (χ1v) is 8.39. The van der Waals surface area contributed by atoms with Crippen molar-refractivity contribution in [3.05, 3.63) is 73.6 Å². The fourth-order valence-electron chi connectivity index (χ4n) is 2.08. The van der Waals surface area contributed by atoms with Crippen LogP contribution in [-0.4, -0.2) is 0 Å². The molecular weight excluding hydrogens is 320 g/mol. The molecule has 0 bridgehead atoms. The zero-order chi connectivity index (χ0) is 14.7. The van der Waals surface area contributed by atoms with E-state index in [2.05, 4.69) is 22.8 Å². The number of para-hydroxylation sites is 1. The predicted molar refractivity (Wildman–Crippen MR) is 90.3 cm³/mol. The molecule has 1 unspecified atom stereocenters. The van der Waals surface area contributed by atoms with Gasteiger partial charge in [-0.2, -0.15) is 5.26 Å². The van der Waals surface area contributed by atoms with Gasteiger partial charge >= 0.3 is 0 Å². The van der Waals surface area contributed by atoms with E-state index in [1.807, 2.05) is 42.5 Å². The molecule has 3 rings (SSSR count). The third kappa shape index (κ3) is 3.11. The summed E-state index contributed by atoms with van der Waals surface area (Å²) in [5.74, 6) is 0. The number of nitrogens with one attached hydrogen (secondary N) is 1. The standard InChI is InChI=1S/C16H11ClN2S2/c17-15-8-7-14(21-15)16(13-6-3-9-20-13)19-12-5-2-1-4-11(12)10-18/h1-9,16,19H. The van der Waals surface area contributed by atoms with Gasteiger partial charge in [0.1, 0.15) is 6.07 Å². The molecular formula is C16H11ClN2S2. The van der Waals surface area contributed by atoms with E-state index in [0.29, 0.717) is 5.56 Å². The van der Waals surface area contributed by atoms with Crippen LogP contribution in [0.3, 0.4) is 0 Å². The van der Waals surface area contributed by atoms with E-state index < -0.39 is 0 Å². The number of hydrogen-bond acceptors (Lipinski definition) is 4. The molecule has 1 N–H and O–H groups in total. The Kier molecular flexibility index (Phi) is 4.26. The van der Waals surface area contributed by atoms with Gasteiger partial charge in [0.15, 0.2) is 0 Å². The van der Waals surface area contributed by atoms with E-state index >= 15 is 0 Å². The summed E-state index contributed by atoms with van der Waals surface area (Å²) in [5.41, 5.74) is 1.48. The second kappa shape index (κ2) is 6.31. The smallest absolute Gasteiger partial charge is 0.101 e. The van der Waals surface area contributed by atoms with Crippen LogP contribution < -0.4 is 5.32 Å². The monoisotopic (exact) mass is 330 g/mol. The Morgan fingerprint density at radius 2 is 1.90 bits per heavy atom. The maximum Gasteiger partial charge on any atom is 0.101 e. The van der Waals surface area contributed by atoms with Crippen LogP contribution in [0.4, 0.5) is 5.69 Å². The van der Waals surface area contributed by atoms with Crippen molar-refractivity contribution >= 4 is 40.0 Å². The number of anilines is 1. The van der Waals surface area contributed by atoms with Crippen molar-refractivity contribution in [1.82, 2.24) is 0 Å². The summed E-state index contributed by atoms with van der Waals surface area (Å²) in [4.78, 5) is 2.33. The molecule has 0 saturated carbocycles. The fourth-order valence-corrected chi connectivity index (χ4v) is 4.08. The Labute approximate surface area is 136 Å². The number of hydrogen-bond donors (Lipinski definition) is 1. The van der Waals surface area contributed by atoms with Gasteiger partial charge in [-0.25, -0.2) is 0 Å². The lowest BCUT2D eigenvalue weighted by Gasteiger charge is -2.18. The van der Waals surface area contributed by atoms with Gasteiger partial charge in [0.2, 0.25) is 0 Å². The SMILES string of the molecule is N#Cc1ccccc1NC(c1cccs1)c1ccc(Cl)s1. The Hall–Kier alpha value is -1.80. The van der Waals surface area contributed by atoms with Crippen molar-refractivity contribution < 1.29 is 0 Å². The molecule has 0 radical (unpaired) electrons. The minimum absolute atomic E-state index is 0.0111. The average Bonchev–Trinajstić information content (AvgIpc) is 3.17. The molecule has 1 atom stereocenters. The summed E-state index contributed by atoms with van der Waals surface area (Å²) >= 11 is 9.31. The van der Waals surface area contributed by atoms with Crippen LogP contribution in [0, 0.1) is 11.3 Å². The van der Waals surface area contributed by atoms with Crippen LogP contribution in [0.25, 0.3) is 0 Å². The van der Waals surface area contributed by atoms with Gasteiger partial charge in [-0.3, -0.25) is 0 Å². The van der Waals surface area contributed by atoms with Gasteiger partial charge in [-0.1, -0.05) is 29.8 Å². The van der Waals surface area contributed by atoms with Crippen LogP contribution in [-0.2, 0) is 0 Å². The van der Waals surface area contributed by atoms with Crippen molar-refractivity contribution in [3.8, 4) is 6.07 Å². The summed E-state index contributed by atoms with van der Waals surface area (Å²) in [6.45, 7) is 0.